The summed E-state index contributed by atoms with van der Waals surface area (Å²) in [4.78, 5) is 30.6. The zero-order valence-electron chi connectivity index (χ0n) is 47.0. The van der Waals surface area contributed by atoms with Gasteiger partial charge in [-0.2, -0.15) is 11.8 Å². The molecule has 0 aromatic heterocycles. The Bertz CT molecular complexity index is 2010. The number of carbonyl (C=O) groups excluding carboxylic acids is 1. The number of oxime groups is 1. The molecule has 1 heterocycles. The van der Waals surface area contributed by atoms with Crippen LogP contribution in [0, 0.1) is 27.9 Å². The van der Waals surface area contributed by atoms with Crippen LogP contribution in [0.5, 0.6) is 11.5 Å². The highest BCUT2D eigenvalue weighted by molar-refractivity contribution is 8.00. The Balaban J connectivity index is 1.40. The number of nitrogens with zero attached hydrogens (tertiary/aromatic N) is 2. The Morgan fingerprint density at radius 3 is 1.95 bits per heavy atom. The third-order valence-electron chi connectivity index (χ3n) is 16.0. The molecule has 2 aliphatic carbocycles. The van der Waals surface area contributed by atoms with E-state index in [1.807, 2.05) is 30.0 Å². The second-order valence-electron chi connectivity index (χ2n) is 21.9. The van der Waals surface area contributed by atoms with E-state index in [9.17, 15) is 25.1 Å². The lowest BCUT2D eigenvalue weighted by Gasteiger charge is -2.58. The number of carbonyl (C=O) groups is 1. The molecule has 1 aliphatic heterocycles. The van der Waals surface area contributed by atoms with Crippen LogP contribution in [0.2, 0.25) is 0 Å². The number of thioether (sulfide) groups is 1. The average molecular weight is 1070 g/mol. The minimum atomic E-state index is -1.10. The van der Waals surface area contributed by atoms with Crippen LogP contribution in [0.25, 0.3) is 0 Å². The van der Waals surface area contributed by atoms with Gasteiger partial charge in [-0.25, -0.2) is 4.79 Å². The molecule has 2 aromatic carbocycles. The second-order valence-corrected chi connectivity index (χ2v) is 23.2. The van der Waals surface area contributed by atoms with Gasteiger partial charge in [-0.1, -0.05) is 185 Å². The molecule has 76 heavy (non-hydrogen) atoms. The number of ether oxygens (including phenoxy) is 3. The Labute approximate surface area is 462 Å². The van der Waals surface area contributed by atoms with E-state index in [4.69, 9.17) is 24.2 Å². The number of hydrogen-bond acceptors (Lipinski definition) is 11. The van der Waals surface area contributed by atoms with Crippen LogP contribution in [-0.2, 0) is 16.2 Å². The lowest BCUT2D eigenvalue weighted by atomic mass is 9.56. The van der Waals surface area contributed by atoms with Gasteiger partial charge in [0.05, 0.1) is 28.4 Å². The van der Waals surface area contributed by atoms with Crippen LogP contribution in [0.4, 0.5) is 10.5 Å². The fraction of sp³-hybridized carbons (Fsp3) is 0.714. The fourth-order valence-corrected chi connectivity index (χ4v) is 13.3. The molecule has 2 aromatic rings. The van der Waals surface area contributed by atoms with Crippen LogP contribution in [0.1, 0.15) is 230 Å². The summed E-state index contributed by atoms with van der Waals surface area (Å²) in [6.45, 7) is 9.82. The minimum Gasteiger partial charge on any atom is -0.460 e. The van der Waals surface area contributed by atoms with Gasteiger partial charge < -0.3 is 34.6 Å². The number of rotatable bonds is 43. The molecule has 1 fully saturated rings. The Hall–Kier alpha value is -3.91. The van der Waals surface area contributed by atoms with E-state index in [1.54, 1.807) is 18.2 Å². The largest absolute Gasteiger partial charge is 0.460 e. The molecule has 12 nitrogen and oxygen atoms in total. The maximum absolute atomic E-state index is 13.4. The van der Waals surface area contributed by atoms with E-state index >= 15 is 0 Å². The first-order chi connectivity index (χ1) is 37.3. The van der Waals surface area contributed by atoms with E-state index in [0.717, 1.165) is 79.5 Å². The van der Waals surface area contributed by atoms with Crippen LogP contribution < -0.4 is 14.8 Å². The zero-order chi connectivity index (χ0) is 54.1. The van der Waals surface area contributed by atoms with Gasteiger partial charge in [-0.3, -0.25) is 10.1 Å². The van der Waals surface area contributed by atoms with Crippen LogP contribution in [0.15, 0.2) is 71.9 Å². The first kappa shape index (κ1) is 62.9. The average Bonchev–Trinajstić information content (AvgIpc) is 3.52. The summed E-state index contributed by atoms with van der Waals surface area (Å²) in [5.41, 5.74) is 3.60. The van der Waals surface area contributed by atoms with Crippen molar-refractivity contribution in [1.29, 1.82) is 0 Å². The van der Waals surface area contributed by atoms with Gasteiger partial charge in [-0.15, -0.1) is 6.58 Å². The number of nitro benzene ring substituents is 1. The molecule has 5 rings (SSSR count). The summed E-state index contributed by atoms with van der Waals surface area (Å²) in [6.07, 6.45) is 39.4. The SMILES string of the molecule is C=CCO[C@@]12Oc3ccc(OC(=O)NCCCCCCCCCCCC)cc3[C@H]3[C@H](CCCCO)[C@@H](CCCCO)C=C(C(=NOCc4ccc([N+](=O)[O-])cc4)C[C@@H]1SCCCCCCCCCCCCCCCC)[C@H]32. The van der Waals surface area contributed by atoms with E-state index in [1.165, 1.54) is 141 Å². The Kier molecular flexibility index (Phi) is 30.7. The van der Waals surface area contributed by atoms with Crippen LogP contribution >= 0.6 is 11.8 Å². The van der Waals surface area contributed by atoms with Crippen molar-refractivity contribution in [2.24, 2.45) is 22.9 Å². The summed E-state index contributed by atoms with van der Waals surface area (Å²) in [7, 11) is 0. The molecule has 3 aliphatic rings. The van der Waals surface area contributed by atoms with Gasteiger partial charge in [0.25, 0.3) is 5.69 Å². The number of allylic oxidation sites excluding steroid dienone is 1. The summed E-state index contributed by atoms with van der Waals surface area (Å²) in [5, 5.41) is 39.2. The summed E-state index contributed by atoms with van der Waals surface area (Å²) in [5.74, 6) is 0.717. The van der Waals surface area contributed by atoms with E-state index in [-0.39, 0.29) is 61.0 Å². The quantitative estimate of drug-likeness (QED) is 0.0252. The number of fused-ring (bicyclic) bond motifs is 2. The van der Waals surface area contributed by atoms with Crippen LogP contribution in [-0.4, -0.2) is 70.1 Å². The number of nitro groups is 1. The number of aliphatic hydroxyl groups is 2. The first-order valence-corrected chi connectivity index (χ1v) is 31.4. The van der Waals surface area contributed by atoms with E-state index < -0.39 is 16.8 Å². The first-order valence-electron chi connectivity index (χ1n) is 30.3. The lowest BCUT2D eigenvalue weighted by Crippen LogP contribution is -2.64. The molecule has 426 valence electrons. The fourth-order valence-electron chi connectivity index (χ4n) is 11.9. The highest BCUT2D eigenvalue weighted by Crippen LogP contribution is 2.62. The van der Waals surface area contributed by atoms with Crippen LogP contribution in [0.3, 0.4) is 0 Å². The number of hydrogen-bond donors (Lipinski definition) is 3. The van der Waals surface area contributed by atoms with Crippen molar-refractivity contribution >= 4 is 29.3 Å². The number of benzene rings is 2. The zero-order valence-corrected chi connectivity index (χ0v) is 47.8. The molecule has 0 saturated heterocycles. The summed E-state index contributed by atoms with van der Waals surface area (Å²) < 4.78 is 20.6. The molecule has 0 spiro atoms. The maximum atomic E-state index is 13.4. The Morgan fingerprint density at radius 1 is 0.789 bits per heavy atom. The molecule has 1 amide bonds. The number of amides is 1. The molecular formula is C63H99N3O9S. The molecule has 0 radical (unpaired) electrons. The highest BCUT2D eigenvalue weighted by atomic mass is 32.2. The molecule has 0 bridgehead atoms. The van der Waals surface area contributed by atoms with Gasteiger partial charge in [0.1, 0.15) is 18.1 Å². The van der Waals surface area contributed by atoms with E-state index in [0.29, 0.717) is 37.3 Å². The minimum absolute atomic E-state index is 0.0205. The predicted octanol–water partition coefficient (Wildman–Crippen LogP) is 16.7. The van der Waals surface area contributed by atoms with Gasteiger partial charge in [0.2, 0.25) is 5.79 Å². The van der Waals surface area contributed by atoms with Crippen molar-refractivity contribution in [1.82, 2.24) is 5.32 Å². The van der Waals surface area contributed by atoms with Crippen molar-refractivity contribution < 1.29 is 39.0 Å². The topological polar surface area (TPSA) is 162 Å². The normalized spacial score (nSPS) is 21.1. The number of non-ortho nitro benzene ring substituents is 1. The predicted molar refractivity (Wildman–Crippen MR) is 311 cm³/mol. The van der Waals surface area contributed by atoms with E-state index in [2.05, 4.69) is 31.8 Å². The van der Waals surface area contributed by atoms with Gasteiger partial charge in [0.15, 0.2) is 0 Å². The van der Waals surface area contributed by atoms with Crippen molar-refractivity contribution in [3.05, 3.63) is 88.0 Å². The monoisotopic (exact) mass is 1070 g/mol. The molecule has 3 N–H and O–H groups in total. The number of nitrogens with one attached hydrogen (secondary N) is 1. The smallest absolute Gasteiger partial charge is 0.412 e. The van der Waals surface area contributed by atoms with Crippen molar-refractivity contribution in [3.63, 3.8) is 0 Å². The van der Waals surface area contributed by atoms with Gasteiger partial charge in [-0.05, 0) is 97.6 Å². The Morgan fingerprint density at radius 2 is 1.37 bits per heavy atom. The van der Waals surface area contributed by atoms with Gasteiger partial charge >= 0.3 is 6.09 Å². The standard InChI is InChI=1S/C63H99N3O9S/c1-4-7-9-11-13-15-17-18-19-20-22-24-26-32-45-76-59-48-57(65-73-49-50-35-37-52(38-36-50)66(70)71)55-46-51(33-27-30-42-67)54(34-28-31-43-68)60-56-47-53(39-40-58(56)75-63(59,61(55)60)72-44-6-3)74-62(69)64-41-29-25-23-21-16-14-12-10-8-5-2/h6,35-40,46-47,51,54,59-61,67-68H,3-5,7-34,41-45,48-49H2,1-2H3,(H,64,69)/t51-,54+,59-,60+,61+,63+/m0/s1. The summed E-state index contributed by atoms with van der Waals surface area (Å²) in [6, 6.07) is 12.2. The molecular weight excluding hydrogens is 975 g/mol. The second kappa shape index (κ2) is 37.0. The molecule has 6 atom stereocenters. The van der Waals surface area contributed by atoms with Crippen molar-refractivity contribution in [3.8, 4) is 11.5 Å². The van der Waals surface area contributed by atoms with Crippen molar-refractivity contribution in [2.75, 3.05) is 32.1 Å². The number of aliphatic hydroxyl groups excluding tert-OH is 2. The lowest BCUT2D eigenvalue weighted by molar-refractivity contribution is -0.384. The molecule has 0 unspecified atom stereocenters. The van der Waals surface area contributed by atoms with Gasteiger partial charge in [0, 0.05) is 49.8 Å². The summed E-state index contributed by atoms with van der Waals surface area (Å²) >= 11 is 1.89. The third-order valence-corrected chi connectivity index (χ3v) is 17.4. The number of unbranched alkanes of at least 4 members (excludes halogenated alkanes) is 24. The maximum Gasteiger partial charge on any atom is 0.412 e. The molecule has 13 heteroatoms. The highest BCUT2D eigenvalue weighted by Gasteiger charge is 2.64. The van der Waals surface area contributed by atoms with Crippen molar-refractivity contribution in [2.45, 2.75) is 236 Å². The molecule has 1 saturated carbocycles. The third kappa shape index (κ3) is 20.7.